The number of hydrogen-bond donors (Lipinski definition) is 1. The van der Waals surface area contributed by atoms with Gasteiger partial charge in [0.2, 0.25) is 12.7 Å². The van der Waals surface area contributed by atoms with Gasteiger partial charge in [-0.15, -0.1) is 0 Å². The monoisotopic (exact) mass is 378 g/mol. The standard InChI is InChI=1S/C23H26N2O3/c26-23(24-17-8-11-21-22(14-17)28-15-27-21)12-13-25(18-9-10-18)20-7-3-5-16-4-1-2-6-19(16)20/h1-2,4,6,8,11,14,18,20H,3,5,7,9-10,12-13,15H2,(H,24,26). The molecular formula is C23H26N2O3. The van der Waals surface area contributed by atoms with Gasteiger partial charge in [0.05, 0.1) is 0 Å². The van der Waals surface area contributed by atoms with Crippen molar-refractivity contribution in [2.45, 2.75) is 50.6 Å². The molecule has 5 heteroatoms. The summed E-state index contributed by atoms with van der Waals surface area (Å²) >= 11 is 0. The summed E-state index contributed by atoms with van der Waals surface area (Å²) in [5.41, 5.74) is 3.71. The maximum Gasteiger partial charge on any atom is 0.231 e. The molecular weight excluding hydrogens is 352 g/mol. The molecule has 0 radical (unpaired) electrons. The van der Waals surface area contributed by atoms with E-state index in [-0.39, 0.29) is 12.7 Å². The van der Waals surface area contributed by atoms with Crippen molar-refractivity contribution in [1.82, 2.24) is 4.90 Å². The summed E-state index contributed by atoms with van der Waals surface area (Å²) in [7, 11) is 0. The molecule has 0 spiro atoms. The molecule has 146 valence electrons. The highest BCUT2D eigenvalue weighted by Gasteiger charge is 2.36. The first-order chi connectivity index (χ1) is 13.8. The highest BCUT2D eigenvalue weighted by molar-refractivity contribution is 5.91. The van der Waals surface area contributed by atoms with E-state index < -0.39 is 0 Å². The number of ether oxygens (including phenoxy) is 2. The number of aryl methyl sites for hydroxylation is 1. The largest absolute Gasteiger partial charge is 0.454 e. The van der Waals surface area contributed by atoms with Gasteiger partial charge in [-0.2, -0.15) is 0 Å². The molecule has 1 N–H and O–H groups in total. The Morgan fingerprint density at radius 1 is 1.07 bits per heavy atom. The zero-order valence-electron chi connectivity index (χ0n) is 16.0. The molecule has 28 heavy (non-hydrogen) atoms. The summed E-state index contributed by atoms with van der Waals surface area (Å²) in [4.78, 5) is 15.2. The summed E-state index contributed by atoms with van der Waals surface area (Å²) in [6.45, 7) is 1.05. The smallest absolute Gasteiger partial charge is 0.231 e. The lowest BCUT2D eigenvalue weighted by molar-refractivity contribution is -0.116. The minimum atomic E-state index is 0.0496. The molecule has 2 aromatic carbocycles. The molecule has 5 rings (SSSR count). The van der Waals surface area contributed by atoms with Crippen LogP contribution in [-0.4, -0.2) is 30.2 Å². The van der Waals surface area contributed by atoms with Crippen LogP contribution in [0.15, 0.2) is 42.5 Å². The molecule has 1 saturated carbocycles. The second-order valence-corrected chi connectivity index (χ2v) is 7.94. The Morgan fingerprint density at radius 3 is 2.82 bits per heavy atom. The van der Waals surface area contributed by atoms with Crippen molar-refractivity contribution in [1.29, 1.82) is 0 Å². The van der Waals surface area contributed by atoms with Crippen LogP contribution in [0.5, 0.6) is 11.5 Å². The molecule has 3 aliphatic rings. The van der Waals surface area contributed by atoms with Gasteiger partial charge in [0.25, 0.3) is 0 Å². The SMILES string of the molecule is O=C(CCN(C1CC1)C1CCCc2ccccc21)Nc1ccc2c(c1)OCO2. The molecule has 1 aliphatic heterocycles. The highest BCUT2D eigenvalue weighted by Crippen LogP contribution is 2.40. The summed E-state index contributed by atoms with van der Waals surface area (Å²) in [6, 6.07) is 15.5. The number of benzene rings is 2. The fraction of sp³-hybridized carbons (Fsp3) is 0.435. The van der Waals surface area contributed by atoms with Gasteiger partial charge in [-0.25, -0.2) is 0 Å². The molecule has 2 aromatic rings. The number of fused-ring (bicyclic) bond motifs is 2. The van der Waals surface area contributed by atoms with Crippen LogP contribution in [0.4, 0.5) is 5.69 Å². The van der Waals surface area contributed by atoms with Crippen molar-refractivity contribution in [3.63, 3.8) is 0 Å². The predicted molar refractivity (Wildman–Crippen MR) is 108 cm³/mol. The average molecular weight is 378 g/mol. The summed E-state index contributed by atoms with van der Waals surface area (Å²) in [5.74, 6) is 1.47. The molecule has 1 fully saturated rings. The molecule has 0 bridgehead atoms. The number of nitrogens with zero attached hydrogens (tertiary/aromatic N) is 1. The summed E-state index contributed by atoms with van der Waals surface area (Å²) in [5, 5.41) is 3.01. The third-order valence-corrected chi connectivity index (χ3v) is 6.01. The van der Waals surface area contributed by atoms with E-state index in [1.807, 2.05) is 18.2 Å². The minimum Gasteiger partial charge on any atom is -0.454 e. The van der Waals surface area contributed by atoms with Crippen LogP contribution < -0.4 is 14.8 Å². The van der Waals surface area contributed by atoms with E-state index in [1.165, 1.54) is 43.2 Å². The first-order valence-electron chi connectivity index (χ1n) is 10.3. The van der Waals surface area contributed by atoms with Crippen LogP contribution in [0.1, 0.15) is 49.3 Å². The van der Waals surface area contributed by atoms with Gasteiger partial charge in [0.15, 0.2) is 11.5 Å². The highest BCUT2D eigenvalue weighted by atomic mass is 16.7. The van der Waals surface area contributed by atoms with Crippen molar-refractivity contribution in [2.24, 2.45) is 0 Å². The van der Waals surface area contributed by atoms with Crippen LogP contribution in [-0.2, 0) is 11.2 Å². The van der Waals surface area contributed by atoms with E-state index in [0.29, 0.717) is 24.3 Å². The topological polar surface area (TPSA) is 50.8 Å². The Kier molecular flexibility index (Phi) is 4.69. The number of amides is 1. The van der Waals surface area contributed by atoms with Crippen molar-refractivity contribution in [3.8, 4) is 11.5 Å². The third kappa shape index (κ3) is 3.59. The number of carbonyl (C=O) groups excluding carboxylic acids is 1. The third-order valence-electron chi connectivity index (χ3n) is 6.01. The quantitative estimate of drug-likeness (QED) is 0.815. The molecule has 5 nitrogen and oxygen atoms in total. The van der Waals surface area contributed by atoms with Crippen molar-refractivity contribution in [3.05, 3.63) is 53.6 Å². The average Bonchev–Trinajstić information content (AvgIpc) is 3.45. The molecule has 1 unspecified atom stereocenters. The van der Waals surface area contributed by atoms with E-state index in [0.717, 1.165) is 18.0 Å². The van der Waals surface area contributed by atoms with Gasteiger partial charge in [0, 0.05) is 36.8 Å². The first-order valence-corrected chi connectivity index (χ1v) is 10.3. The van der Waals surface area contributed by atoms with Crippen LogP contribution in [0.2, 0.25) is 0 Å². The van der Waals surface area contributed by atoms with Gasteiger partial charge in [-0.3, -0.25) is 9.69 Å². The number of rotatable bonds is 6. The molecule has 1 amide bonds. The molecule has 2 aliphatic carbocycles. The van der Waals surface area contributed by atoms with Crippen LogP contribution in [0.3, 0.4) is 0 Å². The Balaban J connectivity index is 1.24. The van der Waals surface area contributed by atoms with E-state index in [1.54, 1.807) is 0 Å². The molecule has 0 saturated heterocycles. The zero-order valence-corrected chi connectivity index (χ0v) is 16.0. The normalized spacial score (nSPS) is 20.1. The maximum atomic E-state index is 12.6. The van der Waals surface area contributed by atoms with Gasteiger partial charge >= 0.3 is 0 Å². The second-order valence-electron chi connectivity index (χ2n) is 7.94. The molecule has 1 atom stereocenters. The lowest BCUT2D eigenvalue weighted by atomic mass is 9.86. The van der Waals surface area contributed by atoms with Gasteiger partial charge < -0.3 is 14.8 Å². The van der Waals surface area contributed by atoms with Gasteiger partial charge in [0.1, 0.15) is 0 Å². The van der Waals surface area contributed by atoms with Crippen molar-refractivity contribution >= 4 is 11.6 Å². The first kappa shape index (κ1) is 17.6. The van der Waals surface area contributed by atoms with Gasteiger partial charge in [-0.1, -0.05) is 24.3 Å². The second kappa shape index (κ2) is 7.47. The fourth-order valence-corrected chi connectivity index (χ4v) is 4.50. The Bertz CT molecular complexity index is 878. The van der Waals surface area contributed by atoms with Crippen LogP contribution >= 0.6 is 0 Å². The maximum absolute atomic E-state index is 12.6. The summed E-state index contributed by atoms with van der Waals surface area (Å²) in [6.07, 6.45) is 6.61. The number of hydrogen-bond acceptors (Lipinski definition) is 4. The molecule has 1 heterocycles. The Morgan fingerprint density at radius 2 is 1.93 bits per heavy atom. The Labute approximate surface area is 165 Å². The number of nitrogens with one attached hydrogen (secondary N) is 1. The van der Waals surface area contributed by atoms with E-state index >= 15 is 0 Å². The van der Waals surface area contributed by atoms with Gasteiger partial charge in [-0.05, 0) is 55.4 Å². The fourth-order valence-electron chi connectivity index (χ4n) is 4.50. The lowest BCUT2D eigenvalue weighted by Gasteiger charge is -2.36. The minimum absolute atomic E-state index is 0.0496. The van der Waals surface area contributed by atoms with Crippen LogP contribution in [0.25, 0.3) is 0 Å². The molecule has 0 aromatic heterocycles. The Hall–Kier alpha value is -2.53. The van der Waals surface area contributed by atoms with Crippen LogP contribution in [0, 0.1) is 0 Å². The van der Waals surface area contributed by atoms with E-state index in [9.17, 15) is 4.79 Å². The predicted octanol–water partition coefficient (Wildman–Crippen LogP) is 4.29. The zero-order chi connectivity index (χ0) is 18.9. The van der Waals surface area contributed by atoms with Crippen molar-refractivity contribution in [2.75, 3.05) is 18.7 Å². The van der Waals surface area contributed by atoms with E-state index in [4.69, 9.17) is 9.47 Å². The lowest BCUT2D eigenvalue weighted by Crippen LogP contribution is -2.35. The van der Waals surface area contributed by atoms with E-state index in [2.05, 4.69) is 34.5 Å². The number of carbonyl (C=O) groups is 1. The summed E-state index contributed by atoms with van der Waals surface area (Å²) < 4.78 is 10.7. The van der Waals surface area contributed by atoms with Crippen molar-refractivity contribution < 1.29 is 14.3 Å². The number of anilines is 1.